The fourth-order valence-electron chi connectivity index (χ4n) is 1.36. The Bertz CT molecular complexity index is 422. The fourth-order valence-corrected chi connectivity index (χ4v) is 2.71. The van der Waals surface area contributed by atoms with Crippen LogP contribution >= 0.6 is 0 Å². The van der Waals surface area contributed by atoms with Crippen molar-refractivity contribution in [1.29, 1.82) is 0 Å². The van der Waals surface area contributed by atoms with Crippen molar-refractivity contribution < 1.29 is 12.8 Å². The van der Waals surface area contributed by atoms with Crippen molar-refractivity contribution in [3.63, 3.8) is 0 Å². The van der Waals surface area contributed by atoms with Crippen LogP contribution in [0.15, 0.2) is 16.5 Å². The number of nitrogens with one attached hydrogen (secondary N) is 1. The monoisotopic (exact) mass is 245 g/mol. The molecule has 0 aromatic carbocycles. The summed E-state index contributed by atoms with van der Waals surface area (Å²) in [4.78, 5) is 0. The number of hydrogen-bond acceptors (Lipinski definition) is 4. The summed E-state index contributed by atoms with van der Waals surface area (Å²) in [6.45, 7) is 4.22. The average molecular weight is 245 g/mol. The molecule has 0 amide bonds. The van der Waals surface area contributed by atoms with Crippen LogP contribution in [0.3, 0.4) is 0 Å². The van der Waals surface area contributed by atoms with Crippen molar-refractivity contribution in [2.75, 3.05) is 7.05 Å². The van der Waals surface area contributed by atoms with E-state index in [0.717, 1.165) is 5.76 Å². The minimum absolute atomic E-state index is 0.00821. The van der Waals surface area contributed by atoms with Crippen molar-refractivity contribution in [3.05, 3.63) is 23.7 Å². The van der Waals surface area contributed by atoms with Gasteiger partial charge < -0.3 is 9.73 Å². The molecule has 1 aromatic rings. The van der Waals surface area contributed by atoms with E-state index < -0.39 is 9.84 Å². The van der Waals surface area contributed by atoms with Gasteiger partial charge in [-0.25, -0.2) is 8.42 Å². The predicted octanol–water partition coefficient (Wildman–Crippen LogP) is 1.71. The van der Waals surface area contributed by atoms with Gasteiger partial charge in [0, 0.05) is 0 Å². The molecule has 0 aliphatic heterocycles. The minimum atomic E-state index is -3.08. The summed E-state index contributed by atoms with van der Waals surface area (Å²) in [5.41, 5.74) is 0. The maximum Gasteiger partial charge on any atom is 0.160 e. The van der Waals surface area contributed by atoms with Crippen LogP contribution in [0, 0.1) is 0 Å². The summed E-state index contributed by atoms with van der Waals surface area (Å²) in [6.07, 6.45) is 0.631. The molecule has 0 radical (unpaired) electrons. The van der Waals surface area contributed by atoms with Gasteiger partial charge in [-0.2, -0.15) is 0 Å². The molecule has 5 heteroatoms. The zero-order valence-electron chi connectivity index (χ0n) is 9.99. The van der Waals surface area contributed by atoms with Crippen molar-refractivity contribution in [2.45, 2.75) is 37.8 Å². The zero-order chi connectivity index (χ0) is 12.2. The molecule has 0 saturated heterocycles. The van der Waals surface area contributed by atoms with Crippen LogP contribution in [0.5, 0.6) is 0 Å². The van der Waals surface area contributed by atoms with Crippen LogP contribution in [-0.2, 0) is 22.1 Å². The Kier molecular flexibility index (Phi) is 4.56. The summed E-state index contributed by atoms with van der Waals surface area (Å²) in [7, 11) is -1.26. The lowest BCUT2D eigenvalue weighted by atomic mass is 10.4. The summed E-state index contributed by atoms with van der Waals surface area (Å²) in [5, 5.41) is 2.64. The molecule has 1 unspecified atom stereocenters. The van der Waals surface area contributed by atoms with Gasteiger partial charge in [-0.15, -0.1) is 0 Å². The Balaban J connectivity index is 2.72. The molecule has 92 valence electrons. The number of sulfone groups is 1. The third-order valence-corrected chi connectivity index (χ3v) is 4.85. The first-order valence-electron chi connectivity index (χ1n) is 5.43. The normalized spacial score (nSPS) is 13.9. The first-order valence-corrected chi connectivity index (χ1v) is 7.15. The lowest BCUT2D eigenvalue weighted by Crippen LogP contribution is -2.18. The van der Waals surface area contributed by atoms with Gasteiger partial charge in [-0.05, 0) is 32.5 Å². The van der Waals surface area contributed by atoms with Gasteiger partial charge >= 0.3 is 0 Å². The Morgan fingerprint density at radius 3 is 2.56 bits per heavy atom. The second-order valence-corrected chi connectivity index (χ2v) is 6.34. The molecule has 1 aromatic heterocycles. The van der Waals surface area contributed by atoms with E-state index in [1.165, 1.54) is 0 Å². The highest BCUT2D eigenvalue weighted by Gasteiger charge is 2.21. The smallest absolute Gasteiger partial charge is 0.160 e. The summed E-state index contributed by atoms with van der Waals surface area (Å²) < 4.78 is 29.1. The molecule has 0 bridgehead atoms. The van der Waals surface area contributed by atoms with E-state index in [2.05, 4.69) is 5.32 Å². The lowest BCUT2D eigenvalue weighted by molar-refractivity contribution is 0.464. The van der Waals surface area contributed by atoms with Gasteiger partial charge in [0.05, 0.1) is 11.8 Å². The molecule has 0 saturated carbocycles. The van der Waals surface area contributed by atoms with Crippen LogP contribution in [0.25, 0.3) is 0 Å². The molecule has 16 heavy (non-hydrogen) atoms. The summed E-state index contributed by atoms with van der Waals surface area (Å²) >= 11 is 0. The van der Waals surface area contributed by atoms with E-state index in [0.29, 0.717) is 18.7 Å². The van der Waals surface area contributed by atoms with Gasteiger partial charge in [0.25, 0.3) is 0 Å². The minimum Gasteiger partial charge on any atom is -0.464 e. The second-order valence-electron chi connectivity index (χ2n) is 3.92. The molecule has 1 atom stereocenters. The van der Waals surface area contributed by atoms with Crippen LogP contribution in [-0.4, -0.2) is 20.7 Å². The Labute approximate surface area is 97.0 Å². The predicted molar refractivity (Wildman–Crippen MR) is 63.8 cm³/mol. The van der Waals surface area contributed by atoms with Gasteiger partial charge in [0.2, 0.25) is 0 Å². The Hall–Kier alpha value is -0.810. The maximum absolute atomic E-state index is 11.8. The molecular weight excluding hydrogens is 226 g/mol. The van der Waals surface area contributed by atoms with Gasteiger partial charge in [-0.3, -0.25) is 0 Å². The topological polar surface area (TPSA) is 59.3 Å². The van der Waals surface area contributed by atoms with Crippen LogP contribution in [0.2, 0.25) is 0 Å². The third-order valence-electron chi connectivity index (χ3n) is 2.60. The van der Waals surface area contributed by atoms with Crippen LogP contribution in [0.1, 0.15) is 31.8 Å². The van der Waals surface area contributed by atoms with Gasteiger partial charge in [0.1, 0.15) is 17.3 Å². The quantitative estimate of drug-likeness (QED) is 0.829. The number of rotatable bonds is 6. The largest absolute Gasteiger partial charge is 0.464 e. The molecule has 1 N–H and O–H groups in total. The molecule has 0 fully saturated rings. The first kappa shape index (κ1) is 13.3. The van der Waals surface area contributed by atoms with Gasteiger partial charge in [-0.1, -0.05) is 6.92 Å². The highest BCUT2D eigenvalue weighted by molar-refractivity contribution is 7.91. The molecule has 0 spiro atoms. The Morgan fingerprint density at radius 2 is 2.00 bits per heavy atom. The number of hydrogen-bond donors (Lipinski definition) is 1. The van der Waals surface area contributed by atoms with E-state index in [1.807, 2.05) is 14.0 Å². The number of furan rings is 1. The van der Waals surface area contributed by atoms with Crippen LogP contribution < -0.4 is 5.32 Å². The third kappa shape index (κ3) is 3.35. The van der Waals surface area contributed by atoms with Crippen molar-refractivity contribution in [2.24, 2.45) is 0 Å². The van der Waals surface area contributed by atoms with E-state index in [4.69, 9.17) is 4.42 Å². The van der Waals surface area contributed by atoms with Crippen molar-refractivity contribution in [1.82, 2.24) is 5.32 Å². The molecule has 0 aliphatic rings. The molecule has 1 heterocycles. The molecule has 0 aliphatic carbocycles. The molecule has 1 rings (SSSR count). The summed E-state index contributed by atoms with van der Waals surface area (Å²) in [6, 6.07) is 3.53. The maximum atomic E-state index is 11.8. The lowest BCUT2D eigenvalue weighted by Gasteiger charge is -2.08. The molecular formula is C11H19NO3S. The standard InChI is InChI=1S/C11H19NO3S/c1-4-9(2)16(13,14)8-11-6-5-10(15-11)7-12-3/h5-6,9,12H,4,7-8H2,1-3H3. The van der Waals surface area contributed by atoms with Crippen LogP contribution in [0.4, 0.5) is 0 Å². The average Bonchev–Trinajstić information content (AvgIpc) is 2.64. The summed E-state index contributed by atoms with van der Waals surface area (Å²) in [5.74, 6) is 1.27. The van der Waals surface area contributed by atoms with Crippen molar-refractivity contribution in [3.8, 4) is 0 Å². The Morgan fingerprint density at radius 1 is 1.38 bits per heavy atom. The van der Waals surface area contributed by atoms with E-state index in [9.17, 15) is 8.42 Å². The SMILES string of the molecule is CCC(C)S(=O)(=O)Cc1ccc(CNC)o1. The highest BCUT2D eigenvalue weighted by atomic mass is 32.2. The van der Waals surface area contributed by atoms with Gasteiger partial charge in [0.15, 0.2) is 9.84 Å². The first-order chi connectivity index (χ1) is 7.49. The highest BCUT2D eigenvalue weighted by Crippen LogP contribution is 2.16. The zero-order valence-corrected chi connectivity index (χ0v) is 10.8. The fraction of sp³-hybridized carbons (Fsp3) is 0.636. The van der Waals surface area contributed by atoms with E-state index in [-0.39, 0.29) is 11.0 Å². The second kappa shape index (κ2) is 5.50. The molecule has 4 nitrogen and oxygen atoms in total. The van der Waals surface area contributed by atoms with Crippen molar-refractivity contribution >= 4 is 9.84 Å². The van der Waals surface area contributed by atoms with E-state index in [1.54, 1.807) is 19.1 Å². The van der Waals surface area contributed by atoms with E-state index >= 15 is 0 Å².